The molecule has 1 aromatic carbocycles. The molecule has 0 unspecified atom stereocenters. The highest BCUT2D eigenvalue weighted by Crippen LogP contribution is 2.24. The van der Waals surface area contributed by atoms with Gasteiger partial charge >= 0.3 is 0 Å². The van der Waals surface area contributed by atoms with Gasteiger partial charge in [0, 0.05) is 24.2 Å². The van der Waals surface area contributed by atoms with Crippen LogP contribution in [0.5, 0.6) is 0 Å². The maximum absolute atomic E-state index is 5.80. The lowest BCUT2D eigenvalue weighted by molar-refractivity contribution is 0.849. The molecular weight excluding hydrogens is 210 g/mol. The molecule has 0 radical (unpaired) electrons. The summed E-state index contributed by atoms with van der Waals surface area (Å²) in [5, 5.41) is 1.14. The van der Waals surface area contributed by atoms with E-state index in [1.54, 1.807) is 0 Å². The van der Waals surface area contributed by atoms with Gasteiger partial charge in [0.2, 0.25) is 0 Å². The molecule has 0 aliphatic heterocycles. The number of aryl methyl sites for hydroxylation is 1. The van der Waals surface area contributed by atoms with Gasteiger partial charge in [0.25, 0.3) is 0 Å². The van der Waals surface area contributed by atoms with E-state index in [1.165, 1.54) is 5.56 Å². The Morgan fingerprint density at radius 1 is 1.18 bits per heavy atom. The van der Waals surface area contributed by atoms with E-state index < -0.39 is 0 Å². The van der Waals surface area contributed by atoms with E-state index in [-0.39, 0.29) is 0 Å². The fourth-order valence-corrected chi connectivity index (χ4v) is 2.10. The van der Waals surface area contributed by atoms with Crippen LogP contribution in [0.2, 0.25) is 0 Å². The molecule has 0 aliphatic rings. The number of pyridine rings is 1. The third kappa shape index (κ3) is 2.18. The molecular formula is C14H19N3. The van der Waals surface area contributed by atoms with E-state index in [0.717, 1.165) is 35.5 Å². The molecule has 2 N–H and O–H groups in total. The molecule has 0 atom stereocenters. The van der Waals surface area contributed by atoms with E-state index in [2.05, 4.69) is 36.7 Å². The Hall–Kier alpha value is -1.77. The van der Waals surface area contributed by atoms with Gasteiger partial charge in [-0.05, 0) is 50.6 Å². The SMILES string of the molecule is CCN(CC)c1cc(C)c2cc(N)ccc2n1. The zero-order chi connectivity index (χ0) is 12.4. The number of nitrogen functional groups attached to an aromatic ring is 1. The van der Waals surface area contributed by atoms with Crippen molar-refractivity contribution in [2.24, 2.45) is 0 Å². The molecule has 1 aromatic heterocycles. The van der Waals surface area contributed by atoms with Crippen LogP contribution in [0.4, 0.5) is 11.5 Å². The summed E-state index contributed by atoms with van der Waals surface area (Å²) in [5.41, 5.74) is 8.84. The van der Waals surface area contributed by atoms with Crippen LogP contribution in [0.3, 0.4) is 0 Å². The summed E-state index contributed by atoms with van der Waals surface area (Å²) in [6.07, 6.45) is 0. The largest absolute Gasteiger partial charge is 0.399 e. The third-order valence-corrected chi connectivity index (χ3v) is 3.11. The Morgan fingerprint density at radius 2 is 1.88 bits per heavy atom. The van der Waals surface area contributed by atoms with Gasteiger partial charge < -0.3 is 10.6 Å². The number of rotatable bonds is 3. The molecule has 17 heavy (non-hydrogen) atoms. The number of anilines is 2. The molecule has 3 heteroatoms. The second-order valence-electron chi connectivity index (χ2n) is 4.25. The van der Waals surface area contributed by atoms with Crippen molar-refractivity contribution in [3.63, 3.8) is 0 Å². The molecule has 0 amide bonds. The predicted octanol–water partition coefficient (Wildman–Crippen LogP) is 2.97. The molecule has 0 spiro atoms. The summed E-state index contributed by atoms with van der Waals surface area (Å²) >= 11 is 0. The monoisotopic (exact) mass is 229 g/mol. The average molecular weight is 229 g/mol. The summed E-state index contributed by atoms with van der Waals surface area (Å²) in [5.74, 6) is 1.05. The summed E-state index contributed by atoms with van der Waals surface area (Å²) in [4.78, 5) is 6.94. The quantitative estimate of drug-likeness (QED) is 0.823. The van der Waals surface area contributed by atoms with Crippen molar-refractivity contribution >= 4 is 22.4 Å². The van der Waals surface area contributed by atoms with Crippen LogP contribution in [-0.2, 0) is 0 Å². The summed E-state index contributed by atoms with van der Waals surface area (Å²) in [6, 6.07) is 8.02. The van der Waals surface area contributed by atoms with Gasteiger partial charge in [0.15, 0.2) is 0 Å². The summed E-state index contributed by atoms with van der Waals surface area (Å²) in [7, 11) is 0. The first-order valence-corrected chi connectivity index (χ1v) is 6.07. The van der Waals surface area contributed by atoms with Crippen LogP contribution < -0.4 is 10.6 Å². The van der Waals surface area contributed by atoms with Crippen molar-refractivity contribution in [2.45, 2.75) is 20.8 Å². The van der Waals surface area contributed by atoms with Crippen LogP contribution in [0, 0.1) is 6.92 Å². The Bertz CT molecular complexity index is 530. The van der Waals surface area contributed by atoms with Crippen LogP contribution in [0.1, 0.15) is 19.4 Å². The Morgan fingerprint density at radius 3 is 2.53 bits per heavy atom. The van der Waals surface area contributed by atoms with Crippen molar-refractivity contribution < 1.29 is 0 Å². The minimum atomic E-state index is 0.790. The zero-order valence-electron chi connectivity index (χ0n) is 10.7. The van der Waals surface area contributed by atoms with Gasteiger partial charge in [-0.2, -0.15) is 0 Å². The van der Waals surface area contributed by atoms with Crippen LogP contribution in [0.25, 0.3) is 10.9 Å². The molecule has 1 heterocycles. The molecule has 0 saturated heterocycles. The number of nitrogens with zero attached hydrogens (tertiary/aromatic N) is 2. The molecule has 3 nitrogen and oxygen atoms in total. The fourth-order valence-electron chi connectivity index (χ4n) is 2.10. The van der Waals surface area contributed by atoms with E-state index >= 15 is 0 Å². The third-order valence-electron chi connectivity index (χ3n) is 3.11. The first kappa shape index (κ1) is 11.7. The number of fused-ring (bicyclic) bond motifs is 1. The van der Waals surface area contributed by atoms with Gasteiger partial charge in [0.05, 0.1) is 5.52 Å². The van der Waals surface area contributed by atoms with Crippen molar-refractivity contribution in [1.82, 2.24) is 4.98 Å². The number of nitrogens with two attached hydrogens (primary N) is 1. The Labute approximate surface area is 102 Å². The molecule has 90 valence electrons. The highest BCUT2D eigenvalue weighted by molar-refractivity contribution is 5.86. The van der Waals surface area contributed by atoms with Crippen LogP contribution >= 0.6 is 0 Å². The van der Waals surface area contributed by atoms with E-state index in [9.17, 15) is 0 Å². The van der Waals surface area contributed by atoms with E-state index in [1.807, 2.05) is 18.2 Å². The van der Waals surface area contributed by atoms with Gasteiger partial charge in [0.1, 0.15) is 5.82 Å². The second kappa shape index (κ2) is 4.62. The average Bonchev–Trinajstić information content (AvgIpc) is 2.32. The van der Waals surface area contributed by atoms with Gasteiger partial charge in [-0.3, -0.25) is 0 Å². The van der Waals surface area contributed by atoms with Gasteiger partial charge in [-0.1, -0.05) is 0 Å². The lowest BCUT2D eigenvalue weighted by Crippen LogP contribution is -2.23. The van der Waals surface area contributed by atoms with Crippen molar-refractivity contribution in [2.75, 3.05) is 23.7 Å². The number of benzene rings is 1. The summed E-state index contributed by atoms with van der Waals surface area (Å²) in [6.45, 7) is 8.35. The standard InChI is InChI=1S/C14H19N3/c1-4-17(5-2)14-8-10(3)12-9-11(15)6-7-13(12)16-14/h6-9H,4-5,15H2,1-3H3. The second-order valence-corrected chi connectivity index (χ2v) is 4.25. The Kier molecular flexibility index (Phi) is 3.18. The molecule has 2 aromatic rings. The topological polar surface area (TPSA) is 42.1 Å². The molecule has 0 bridgehead atoms. The minimum Gasteiger partial charge on any atom is -0.399 e. The van der Waals surface area contributed by atoms with E-state index in [0.29, 0.717) is 0 Å². The smallest absolute Gasteiger partial charge is 0.129 e. The number of hydrogen-bond acceptors (Lipinski definition) is 3. The zero-order valence-corrected chi connectivity index (χ0v) is 10.7. The predicted molar refractivity (Wildman–Crippen MR) is 74.5 cm³/mol. The fraction of sp³-hybridized carbons (Fsp3) is 0.357. The van der Waals surface area contributed by atoms with Crippen LogP contribution in [0.15, 0.2) is 24.3 Å². The summed E-state index contributed by atoms with van der Waals surface area (Å²) < 4.78 is 0. The number of hydrogen-bond donors (Lipinski definition) is 1. The molecule has 0 fully saturated rings. The maximum Gasteiger partial charge on any atom is 0.129 e. The molecule has 2 rings (SSSR count). The Balaban J connectivity index is 2.59. The lowest BCUT2D eigenvalue weighted by Gasteiger charge is -2.20. The lowest BCUT2D eigenvalue weighted by atomic mass is 10.1. The van der Waals surface area contributed by atoms with E-state index in [4.69, 9.17) is 5.73 Å². The van der Waals surface area contributed by atoms with Gasteiger partial charge in [-0.25, -0.2) is 4.98 Å². The van der Waals surface area contributed by atoms with Gasteiger partial charge in [-0.15, -0.1) is 0 Å². The minimum absolute atomic E-state index is 0.790. The maximum atomic E-state index is 5.80. The molecule has 0 saturated carbocycles. The molecule has 0 aliphatic carbocycles. The van der Waals surface area contributed by atoms with Crippen molar-refractivity contribution in [1.29, 1.82) is 0 Å². The van der Waals surface area contributed by atoms with Crippen molar-refractivity contribution in [3.05, 3.63) is 29.8 Å². The highest BCUT2D eigenvalue weighted by Gasteiger charge is 2.07. The number of aromatic nitrogens is 1. The van der Waals surface area contributed by atoms with Crippen molar-refractivity contribution in [3.8, 4) is 0 Å². The van der Waals surface area contributed by atoms with Crippen LogP contribution in [-0.4, -0.2) is 18.1 Å². The normalized spacial score (nSPS) is 10.8. The first-order chi connectivity index (χ1) is 8.15. The highest BCUT2D eigenvalue weighted by atomic mass is 15.2. The first-order valence-electron chi connectivity index (χ1n) is 6.07.